The molecule has 6 nitrogen and oxygen atoms in total. The summed E-state index contributed by atoms with van der Waals surface area (Å²) in [5.74, 6) is -0.320. The van der Waals surface area contributed by atoms with Gasteiger partial charge in [-0.15, -0.1) is 0 Å². The summed E-state index contributed by atoms with van der Waals surface area (Å²) in [4.78, 5) is 28.5. The number of carbonyl (C=O) groups is 2. The molecule has 0 N–H and O–H groups in total. The van der Waals surface area contributed by atoms with Gasteiger partial charge in [-0.25, -0.2) is 0 Å². The average Bonchev–Trinajstić information content (AvgIpc) is 2.65. The van der Waals surface area contributed by atoms with E-state index < -0.39 is 0 Å². The second-order valence-electron chi connectivity index (χ2n) is 6.24. The number of amides is 1. The lowest BCUT2D eigenvalue weighted by atomic mass is 10.1. The van der Waals surface area contributed by atoms with Crippen LogP contribution in [-0.2, 0) is 14.3 Å². The van der Waals surface area contributed by atoms with Crippen molar-refractivity contribution in [2.75, 3.05) is 53.0 Å². The molecule has 0 radical (unpaired) electrons. The van der Waals surface area contributed by atoms with Crippen LogP contribution in [0.2, 0.25) is 0 Å². The van der Waals surface area contributed by atoms with Crippen LogP contribution >= 0.6 is 0 Å². The molecule has 1 fully saturated rings. The van der Waals surface area contributed by atoms with E-state index in [2.05, 4.69) is 4.90 Å². The summed E-state index contributed by atoms with van der Waals surface area (Å²) < 4.78 is 10.1. The summed E-state index contributed by atoms with van der Waals surface area (Å²) in [6.07, 6.45) is 1.09. The Balaban J connectivity index is 1.95. The molecule has 0 aliphatic carbocycles. The highest BCUT2D eigenvalue weighted by molar-refractivity contribution is 5.95. The minimum atomic E-state index is -0.296. The fraction of sp³-hybridized carbons (Fsp3) is 0.579. The lowest BCUT2D eigenvalue weighted by Gasteiger charge is -2.28. The second kappa shape index (κ2) is 10.2. The number of methoxy groups -OCH3 is 1. The van der Waals surface area contributed by atoms with E-state index in [1.807, 2.05) is 31.2 Å². The van der Waals surface area contributed by atoms with Gasteiger partial charge in [0.1, 0.15) is 0 Å². The van der Waals surface area contributed by atoms with Gasteiger partial charge < -0.3 is 14.4 Å². The zero-order valence-corrected chi connectivity index (χ0v) is 15.2. The number of ether oxygens (including phenoxy) is 2. The van der Waals surface area contributed by atoms with Crippen molar-refractivity contribution in [1.82, 2.24) is 9.80 Å². The van der Waals surface area contributed by atoms with E-state index in [0.717, 1.165) is 44.8 Å². The molecular formula is C19H28N2O4. The zero-order chi connectivity index (χ0) is 18.1. The molecule has 1 amide bonds. The zero-order valence-electron chi connectivity index (χ0n) is 15.2. The van der Waals surface area contributed by atoms with E-state index in [-0.39, 0.29) is 18.3 Å². The molecule has 2 rings (SSSR count). The molecule has 1 aromatic rings. The van der Waals surface area contributed by atoms with Crippen LogP contribution in [0.25, 0.3) is 0 Å². The second-order valence-corrected chi connectivity index (χ2v) is 6.24. The van der Waals surface area contributed by atoms with Crippen LogP contribution < -0.4 is 0 Å². The Morgan fingerprint density at radius 1 is 1.20 bits per heavy atom. The van der Waals surface area contributed by atoms with Gasteiger partial charge in [-0.2, -0.15) is 0 Å². The van der Waals surface area contributed by atoms with Crippen molar-refractivity contribution in [3.05, 3.63) is 35.4 Å². The van der Waals surface area contributed by atoms with E-state index in [1.54, 1.807) is 4.90 Å². The minimum absolute atomic E-state index is 0.0241. The Labute approximate surface area is 149 Å². The average molecular weight is 348 g/mol. The summed E-state index contributed by atoms with van der Waals surface area (Å²) in [6, 6.07) is 7.56. The third-order valence-electron chi connectivity index (χ3n) is 4.48. The van der Waals surface area contributed by atoms with Crippen molar-refractivity contribution in [2.24, 2.45) is 0 Å². The van der Waals surface area contributed by atoms with Crippen molar-refractivity contribution < 1.29 is 19.1 Å². The van der Waals surface area contributed by atoms with Gasteiger partial charge in [0.05, 0.1) is 26.7 Å². The Bertz CT molecular complexity index is 570. The van der Waals surface area contributed by atoms with Crippen molar-refractivity contribution in [2.45, 2.75) is 19.8 Å². The van der Waals surface area contributed by atoms with E-state index in [4.69, 9.17) is 9.47 Å². The highest BCUT2D eigenvalue weighted by Crippen LogP contribution is 2.12. The maximum atomic E-state index is 12.9. The van der Waals surface area contributed by atoms with Gasteiger partial charge in [-0.3, -0.25) is 14.5 Å². The quantitative estimate of drug-likeness (QED) is 0.670. The standard InChI is InChI=1S/C19H28N2O4/c1-16-6-3-4-7-17(16)19(23)21(11-8-18(22)24-2)10-5-9-20-12-14-25-15-13-20/h3-4,6-7H,5,8-15H2,1-2H3. The van der Waals surface area contributed by atoms with Crippen LogP contribution in [-0.4, -0.2) is 74.7 Å². The number of morpholine rings is 1. The normalized spacial score (nSPS) is 15.0. The third-order valence-corrected chi connectivity index (χ3v) is 4.48. The molecule has 1 heterocycles. The van der Waals surface area contributed by atoms with Crippen LogP contribution in [0.3, 0.4) is 0 Å². The first-order valence-corrected chi connectivity index (χ1v) is 8.83. The number of rotatable bonds is 8. The van der Waals surface area contributed by atoms with Crippen molar-refractivity contribution >= 4 is 11.9 Å². The first-order valence-electron chi connectivity index (χ1n) is 8.83. The number of hydrogen-bond donors (Lipinski definition) is 0. The number of benzene rings is 1. The van der Waals surface area contributed by atoms with Crippen LogP contribution in [0.1, 0.15) is 28.8 Å². The maximum absolute atomic E-state index is 12.9. The molecule has 1 saturated heterocycles. The molecule has 0 atom stereocenters. The Morgan fingerprint density at radius 2 is 1.92 bits per heavy atom. The number of nitrogens with zero attached hydrogens (tertiary/aromatic N) is 2. The highest BCUT2D eigenvalue weighted by Gasteiger charge is 2.19. The van der Waals surface area contributed by atoms with E-state index >= 15 is 0 Å². The topological polar surface area (TPSA) is 59.1 Å². The molecule has 0 saturated carbocycles. The summed E-state index contributed by atoms with van der Waals surface area (Å²) in [5, 5.41) is 0. The molecule has 1 aliphatic heterocycles. The van der Waals surface area contributed by atoms with Gasteiger partial charge in [-0.05, 0) is 25.0 Å². The fourth-order valence-corrected chi connectivity index (χ4v) is 2.94. The molecule has 0 aromatic heterocycles. The first-order chi connectivity index (χ1) is 12.1. The monoisotopic (exact) mass is 348 g/mol. The van der Waals surface area contributed by atoms with Gasteiger partial charge in [0, 0.05) is 38.3 Å². The first kappa shape index (κ1) is 19.4. The highest BCUT2D eigenvalue weighted by atomic mass is 16.5. The molecule has 6 heteroatoms. The maximum Gasteiger partial charge on any atom is 0.307 e. The van der Waals surface area contributed by atoms with Gasteiger partial charge >= 0.3 is 5.97 Å². The Kier molecular flexibility index (Phi) is 7.88. The molecule has 1 aromatic carbocycles. The van der Waals surface area contributed by atoms with Gasteiger partial charge in [-0.1, -0.05) is 18.2 Å². The predicted octanol–water partition coefficient (Wildman–Crippen LogP) is 1.72. The van der Waals surface area contributed by atoms with Crippen molar-refractivity contribution in [1.29, 1.82) is 0 Å². The molecule has 25 heavy (non-hydrogen) atoms. The number of aryl methyl sites for hydroxylation is 1. The Morgan fingerprint density at radius 3 is 2.60 bits per heavy atom. The SMILES string of the molecule is COC(=O)CCN(CCCN1CCOCC1)C(=O)c1ccccc1C. The predicted molar refractivity (Wildman–Crippen MR) is 95.6 cm³/mol. The lowest BCUT2D eigenvalue weighted by Crippen LogP contribution is -2.39. The molecular weight excluding hydrogens is 320 g/mol. The van der Waals surface area contributed by atoms with Gasteiger partial charge in [0.25, 0.3) is 5.91 Å². The fourth-order valence-electron chi connectivity index (χ4n) is 2.94. The number of hydrogen-bond acceptors (Lipinski definition) is 5. The smallest absolute Gasteiger partial charge is 0.307 e. The largest absolute Gasteiger partial charge is 0.469 e. The summed E-state index contributed by atoms with van der Waals surface area (Å²) in [5.41, 5.74) is 1.64. The van der Waals surface area contributed by atoms with E-state index in [9.17, 15) is 9.59 Å². The summed E-state index contributed by atoms with van der Waals surface area (Å²) in [6.45, 7) is 7.28. The summed E-state index contributed by atoms with van der Waals surface area (Å²) >= 11 is 0. The molecule has 1 aliphatic rings. The molecule has 0 spiro atoms. The van der Waals surface area contributed by atoms with E-state index in [0.29, 0.717) is 18.7 Å². The van der Waals surface area contributed by atoms with E-state index in [1.165, 1.54) is 7.11 Å². The molecule has 0 unspecified atom stereocenters. The third kappa shape index (κ3) is 6.14. The number of carbonyl (C=O) groups excluding carboxylic acids is 2. The van der Waals surface area contributed by atoms with Crippen LogP contribution in [0.4, 0.5) is 0 Å². The Hall–Kier alpha value is -1.92. The van der Waals surface area contributed by atoms with Crippen LogP contribution in [0.15, 0.2) is 24.3 Å². The minimum Gasteiger partial charge on any atom is -0.469 e. The molecule has 0 bridgehead atoms. The lowest BCUT2D eigenvalue weighted by molar-refractivity contribution is -0.140. The van der Waals surface area contributed by atoms with Crippen LogP contribution in [0, 0.1) is 6.92 Å². The molecule has 138 valence electrons. The van der Waals surface area contributed by atoms with Crippen molar-refractivity contribution in [3.63, 3.8) is 0 Å². The van der Waals surface area contributed by atoms with Crippen molar-refractivity contribution in [3.8, 4) is 0 Å². The summed E-state index contributed by atoms with van der Waals surface area (Å²) in [7, 11) is 1.37. The van der Waals surface area contributed by atoms with Crippen LogP contribution in [0.5, 0.6) is 0 Å². The van der Waals surface area contributed by atoms with Gasteiger partial charge in [0.15, 0.2) is 0 Å². The number of esters is 1. The van der Waals surface area contributed by atoms with Gasteiger partial charge in [0.2, 0.25) is 0 Å².